The monoisotopic (exact) mass is 125 g/mol. The van der Waals surface area contributed by atoms with Crippen LogP contribution in [0.5, 0.6) is 0 Å². The molecule has 50 valence electrons. The third-order valence-corrected chi connectivity index (χ3v) is 1.55. The first-order chi connectivity index (χ1) is 4.33. The Morgan fingerprint density at radius 3 is 3.11 bits per heavy atom. The van der Waals surface area contributed by atoms with Gasteiger partial charge in [-0.1, -0.05) is 6.92 Å². The van der Waals surface area contributed by atoms with Crippen LogP contribution in [0.3, 0.4) is 0 Å². The highest BCUT2D eigenvalue weighted by molar-refractivity contribution is 5.63. The summed E-state index contributed by atoms with van der Waals surface area (Å²) in [6.45, 7) is 2.12. The van der Waals surface area contributed by atoms with E-state index in [9.17, 15) is 0 Å². The average molecular weight is 125 g/mol. The van der Waals surface area contributed by atoms with Crippen molar-refractivity contribution in [2.45, 2.75) is 19.8 Å². The SMILES string of the molecule is CCC1C=NC(O)=CC1. The summed E-state index contributed by atoms with van der Waals surface area (Å²) < 4.78 is 0. The zero-order chi connectivity index (χ0) is 6.69. The molecule has 1 heterocycles. The van der Waals surface area contributed by atoms with Crippen LogP contribution in [0.25, 0.3) is 0 Å². The van der Waals surface area contributed by atoms with Crippen LogP contribution in [0.2, 0.25) is 0 Å². The molecule has 1 aliphatic rings. The lowest BCUT2D eigenvalue weighted by Gasteiger charge is -2.08. The second-order valence-electron chi connectivity index (χ2n) is 2.24. The van der Waals surface area contributed by atoms with E-state index < -0.39 is 0 Å². The fourth-order valence-electron chi connectivity index (χ4n) is 0.824. The van der Waals surface area contributed by atoms with Gasteiger partial charge in [-0.15, -0.1) is 0 Å². The van der Waals surface area contributed by atoms with Crippen molar-refractivity contribution in [2.24, 2.45) is 10.9 Å². The molecule has 1 atom stereocenters. The van der Waals surface area contributed by atoms with Crippen LogP contribution in [0, 0.1) is 5.92 Å². The van der Waals surface area contributed by atoms with Gasteiger partial charge < -0.3 is 5.11 Å². The van der Waals surface area contributed by atoms with Crippen molar-refractivity contribution >= 4 is 6.21 Å². The van der Waals surface area contributed by atoms with E-state index in [0.29, 0.717) is 5.92 Å². The molecule has 0 aliphatic carbocycles. The highest BCUT2D eigenvalue weighted by Gasteiger charge is 2.05. The molecule has 0 spiro atoms. The average Bonchev–Trinajstić information content (AvgIpc) is 1.90. The predicted molar refractivity (Wildman–Crippen MR) is 37.6 cm³/mol. The topological polar surface area (TPSA) is 32.6 Å². The van der Waals surface area contributed by atoms with Gasteiger partial charge in [-0.3, -0.25) is 0 Å². The number of aliphatic hydroxyl groups is 1. The Kier molecular flexibility index (Phi) is 1.88. The molecule has 9 heavy (non-hydrogen) atoms. The van der Waals surface area contributed by atoms with Gasteiger partial charge in [-0.05, 0) is 24.8 Å². The lowest BCUT2D eigenvalue weighted by molar-refractivity contribution is 0.397. The number of allylic oxidation sites excluding steroid dienone is 1. The normalized spacial score (nSPS) is 25.9. The molecular weight excluding hydrogens is 114 g/mol. The summed E-state index contributed by atoms with van der Waals surface area (Å²) in [5, 5.41) is 8.79. The quantitative estimate of drug-likeness (QED) is 0.570. The van der Waals surface area contributed by atoms with Gasteiger partial charge in [0.05, 0.1) is 0 Å². The van der Waals surface area contributed by atoms with Gasteiger partial charge in [-0.25, -0.2) is 4.99 Å². The largest absolute Gasteiger partial charge is 0.494 e. The van der Waals surface area contributed by atoms with Crippen LogP contribution in [0.1, 0.15) is 19.8 Å². The van der Waals surface area contributed by atoms with Crippen molar-refractivity contribution in [3.63, 3.8) is 0 Å². The van der Waals surface area contributed by atoms with Crippen LogP contribution < -0.4 is 0 Å². The van der Waals surface area contributed by atoms with Gasteiger partial charge in [0, 0.05) is 6.21 Å². The highest BCUT2D eigenvalue weighted by atomic mass is 16.3. The van der Waals surface area contributed by atoms with Crippen molar-refractivity contribution in [2.75, 3.05) is 0 Å². The van der Waals surface area contributed by atoms with E-state index in [2.05, 4.69) is 11.9 Å². The van der Waals surface area contributed by atoms with Gasteiger partial charge in [0.1, 0.15) is 0 Å². The van der Waals surface area contributed by atoms with E-state index in [0.717, 1.165) is 12.8 Å². The van der Waals surface area contributed by atoms with Crippen molar-refractivity contribution in [3.8, 4) is 0 Å². The molecular formula is C7H11NO. The summed E-state index contributed by atoms with van der Waals surface area (Å²) in [6, 6.07) is 0. The Balaban J connectivity index is 2.48. The Bertz CT molecular complexity index is 149. The fourth-order valence-corrected chi connectivity index (χ4v) is 0.824. The van der Waals surface area contributed by atoms with Crippen LogP contribution in [0.4, 0.5) is 0 Å². The van der Waals surface area contributed by atoms with Gasteiger partial charge in [-0.2, -0.15) is 0 Å². The third kappa shape index (κ3) is 1.56. The molecule has 0 bridgehead atoms. The maximum absolute atomic E-state index is 8.79. The molecule has 0 aromatic heterocycles. The highest BCUT2D eigenvalue weighted by Crippen LogP contribution is 2.12. The van der Waals surface area contributed by atoms with E-state index in [4.69, 9.17) is 5.11 Å². The van der Waals surface area contributed by atoms with Crippen molar-refractivity contribution < 1.29 is 5.11 Å². The van der Waals surface area contributed by atoms with E-state index in [1.54, 1.807) is 6.08 Å². The molecule has 2 heteroatoms. The minimum atomic E-state index is 0.166. The Labute approximate surface area is 54.9 Å². The molecule has 0 radical (unpaired) electrons. The minimum Gasteiger partial charge on any atom is -0.494 e. The van der Waals surface area contributed by atoms with Crippen molar-refractivity contribution in [1.29, 1.82) is 0 Å². The summed E-state index contributed by atoms with van der Waals surface area (Å²) in [5.74, 6) is 0.709. The Morgan fingerprint density at radius 1 is 1.89 bits per heavy atom. The molecule has 0 fully saturated rings. The summed E-state index contributed by atoms with van der Waals surface area (Å²) in [7, 11) is 0. The summed E-state index contributed by atoms with van der Waals surface area (Å²) in [4.78, 5) is 3.77. The molecule has 0 amide bonds. The third-order valence-electron chi connectivity index (χ3n) is 1.55. The Hall–Kier alpha value is -0.790. The second-order valence-corrected chi connectivity index (χ2v) is 2.24. The molecule has 1 N–H and O–H groups in total. The first kappa shape index (κ1) is 6.33. The number of hydrogen-bond acceptors (Lipinski definition) is 2. The summed E-state index contributed by atoms with van der Waals surface area (Å²) >= 11 is 0. The summed E-state index contributed by atoms with van der Waals surface area (Å²) in [5.41, 5.74) is 0. The number of hydrogen-bond donors (Lipinski definition) is 1. The van der Waals surface area contributed by atoms with Gasteiger partial charge in [0.2, 0.25) is 5.88 Å². The smallest absolute Gasteiger partial charge is 0.206 e. The second kappa shape index (κ2) is 2.67. The number of aliphatic imine (C=N–C) groups is 1. The minimum absolute atomic E-state index is 0.166. The lowest BCUT2D eigenvalue weighted by Crippen LogP contribution is -2.03. The molecule has 0 aromatic carbocycles. The molecule has 0 saturated heterocycles. The maximum atomic E-state index is 8.79. The first-order valence-electron chi connectivity index (χ1n) is 3.26. The van der Waals surface area contributed by atoms with E-state index >= 15 is 0 Å². The molecule has 1 rings (SSSR count). The van der Waals surface area contributed by atoms with Gasteiger partial charge >= 0.3 is 0 Å². The standard InChI is InChI=1S/C7H11NO/c1-2-6-3-4-7(9)8-5-6/h4-6,9H,2-3H2,1H3. The lowest BCUT2D eigenvalue weighted by atomic mass is 10.0. The zero-order valence-corrected chi connectivity index (χ0v) is 5.54. The van der Waals surface area contributed by atoms with Crippen LogP contribution >= 0.6 is 0 Å². The van der Waals surface area contributed by atoms with Crippen molar-refractivity contribution in [1.82, 2.24) is 0 Å². The van der Waals surface area contributed by atoms with E-state index in [-0.39, 0.29) is 5.88 Å². The maximum Gasteiger partial charge on any atom is 0.206 e. The van der Waals surface area contributed by atoms with E-state index in [1.165, 1.54) is 0 Å². The number of rotatable bonds is 1. The van der Waals surface area contributed by atoms with Gasteiger partial charge in [0.25, 0.3) is 0 Å². The molecule has 0 aromatic rings. The first-order valence-corrected chi connectivity index (χ1v) is 3.26. The van der Waals surface area contributed by atoms with Crippen LogP contribution in [0.15, 0.2) is 17.0 Å². The fraction of sp³-hybridized carbons (Fsp3) is 0.571. The predicted octanol–water partition coefficient (Wildman–Crippen LogP) is 1.89. The van der Waals surface area contributed by atoms with E-state index in [1.807, 2.05) is 6.21 Å². The van der Waals surface area contributed by atoms with Gasteiger partial charge in [0.15, 0.2) is 0 Å². The molecule has 1 unspecified atom stereocenters. The molecule has 0 saturated carbocycles. The zero-order valence-electron chi connectivity index (χ0n) is 5.54. The summed E-state index contributed by atoms with van der Waals surface area (Å²) in [6.07, 6.45) is 5.61. The Morgan fingerprint density at radius 2 is 2.67 bits per heavy atom. The number of nitrogens with zero attached hydrogens (tertiary/aromatic N) is 1. The van der Waals surface area contributed by atoms with Crippen LogP contribution in [-0.4, -0.2) is 11.3 Å². The van der Waals surface area contributed by atoms with Crippen molar-refractivity contribution in [3.05, 3.63) is 12.0 Å². The van der Waals surface area contributed by atoms with Crippen LogP contribution in [-0.2, 0) is 0 Å². The number of aliphatic hydroxyl groups excluding tert-OH is 1. The molecule has 2 nitrogen and oxygen atoms in total. The molecule has 1 aliphatic heterocycles.